The summed E-state index contributed by atoms with van der Waals surface area (Å²) in [5, 5.41) is 14.8. The third-order valence-corrected chi connectivity index (χ3v) is 3.02. The van der Waals surface area contributed by atoms with Gasteiger partial charge in [-0.15, -0.1) is 0 Å². The van der Waals surface area contributed by atoms with E-state index in [-0.39, 0.29) is 5.91 Å². The van der Waals surface area contributed by atoms with Crippen molar-refractivity contribution < 1.29 is 4.79 Å². The molecule has 4 heteroatoms. The molecule has 0 spiro atoms. The lowest BCUT2D eigenvalue weighted by molar-refractivity contribution is -0.120. The van der Waals surface area contributed by atoms with Gasteiger partial charge in [0.15, 0.2) is 0 Å². The average molecular weight is 243 g/mol. The van der Waals surface area contributed by atoms with Gasteiger partial charge in [-0.1, -0.05) is 6.07 Å². The highest BCUT2D eigenvalue weighted by Gasteiger charge is 2.22. The van der Waals surface area contributed by atoms with Crippen LogP contribution < -0.4 is 10.6 Å². The first-order valence-electron chi connectivity index (χ1n) is 6.19. The van der Waals surface area contributed by atoms with Crippen LogP contribution in [0.4, 0.5) is 0 Å². The first-order valence-corrected chi connectivity index (χ1v) is 6.19. The minimum atomic E-state index is 0.0591. The van der Waals surface area contributed by atoms with E-state index in [1.165, 1.54) is 0 Å². The minimum Gasteiger partial charge on any atom is -0.352 e. The Bertz CT molecular complexity index is 486. The maximum atomic E-state index is 11.5. The van der Waals surface area contributed by atoms with Gasteiger partial charge in [-0.05, 0) is 43.0 Å². The van der Waals surface area contributed by atoms with Crippen LogP contribution in [0.15, 0.2) is 18.2 Å². The zero-order valence-electron chi connectivity index (χ0n) is 10.5. The van der Waals surface area contributed by atoms with Crippen LogP contribution in [0.2, 0.25) is 0 Å². The fourth-order valence-corrected chi connectivity index (χ4v) is 1.78. The second-order valence-electron chi connectivity index (χ2n) is 4.70. The average Bonchev–Trinajstić information content (AvgIpc) is 3.15. The molecular weight excluding hydrogens is 226 g/mol. The summed E-state index contributed by atoms with van der Waals surface area (Å²) in [6, 6.07) is 8.12. The number of nitrogens with one attached hydrogen (secondary N) is 2. The number of carbonyl (C=O) groups is 1. The monoisotopic (exact) mass is 243 g/mol. The molecule has 1 aliphatic carbocycles. The molecule has 1 aliphatic rings. The van der Waals surface area contributed by atoms with E-state index in [2.05, 4.69) is 16.7 Å². The van der Waals surface area contributed by atoms with E-state index < -0.39 is 0 Å². The SMILES string of the molecule is Cc1cc(C#N)ccc1CNCC(=O)NC1CC1. The topological polar surface area (TPSA) is 64.9 Å². The summed E-state index contributed by atoms with van der Waals surface area (Å²) >= 11 is 0. The second kappa shape index (κ2) is 5.65. The largest absolute Gasteiger partial charge is 0.352 e. The van der Waals surface area contributed by atoms with Crippen LogP contribution in [0.25, 0.3) is 0 Å². The number of rotatable bonds is 5. The molecule has 94 valence electrons. The number of benzene rings is 1. The maximum absolute atomic E-state index is 11.5. The van der Waals surface area contributed by atoms with Crippen LogP contribution in [0.1, 0.15) is 29.5 Å². The minimum absolute atomic E-state index is 0.0591. The van der Waals surface area contributed by atoms with Crippen LogP contribution in [0.5, 0.6) is 0 Å². The summed E-state index contributed by atoms with van der Waals surface area (Å²) < 4.78 is 0. The molecule has 0 bridgehead atoms. The van der Waals surface area contributed by atoms with Gasteiger partial charge in [-0.2, -0.15) is 5.26 Å². The van der Waals surface area contributed by atoms with Gasteiger partial charge in [0, 0.05) is 12.6 Å². The van der Waals surface area contributed by atoms with Gasteiger partial charge in [-0.25, -0.2) is 0 Å². The molecule has 2 rings (SSSR count). The van der Waals surface area contributed by atoms with E-state index in [9.17, 15) is 4.79 Å². The highest BCUT2D eigenvalue weighted by molar-refractivity contribution is 5.78. The molecule has 0 aromatic heterocycles. The quantitative estimate of drug-likeness (QED) is 0.817. The lowest BCUT2D eigenvalue weighted by atomic mass is 10.1. The predicted octanol–water partition coefficient (Wildman–Crippen LogP) is 1.23. The van der Waals surface area contributed by atoms with Crippen molar-refractivity contribution in [3.05, 3.63) is 34.9 Å². The highest BCUT2D eigenvalue weighted by Crippen LogP contribution is 2.18. The third kappa shape index (κ3) is 3.57. The number of aryl methyl sites for hydroxylation is 1. The first kappa shape index (κ1) is 12.6. The smallest absolute Gasteiger partial charge is 0.234 e. The molecule has 0 saturated heterocycles. The standard InChI is InChI=1S/C14H17N3O/c1-10-6-11(7-15)2-3-12(10)8-16-9-14(18)17-13-4-5-13/h2-3,6,13,16H,4-5,8-9H2,1H3,(H,17,18). The third-order valence-electron chi connectivity index (χ3n) is 3.02. The van der Waals surface area contributed by atoms with Gasteiger partial charge in [0.2, 0.25) is 5.91 Å². The fourth-order valence-electron chi connectivity index (χ4n) is 1.78. The molecule has 1 fully saturated rings. The summed E-state index contributed by atoms with van der Waals surface area (Å²) in [6.07, 6.45) is 2.22. The van der Waals surface area contributed by atoms with Crippen molar-refractivity contribution in [1.82, 2.24) is 10.6 Å². The summed E-state index contributed by atoms with van der Waals surface area (Å²) in [4.78, 5) is 11.5. The molecule has 4 nitrogen and oxygen atoms in total. The maximum Gasteiger partial charge on any atom is 0.234 e. The number of hydrogen-bond acceptors (Lipinski definition) is 3. The Balaban J connectivity index is 1.79. The molecule has 0 radical (unpaired) electrons. The van der Waals surface area contributed by atoms with Gasteiger partial charge < -0.3 is 10.6 Å². The molecule has 0 unspecified atom stereocenters. The van der Waals surface area contributed by atoms with Crippen molar-refractivity contribution in [2.45, 2.75) is 32.4 Å². The molecule has 1 aromatic carbocycles. The van der Waals surface area contributed by atoms with Crippen LogP contribution in [-0.2, 0) is 11.3 Å². The number of carbonyl (C=O) groups excluding carboxylic acids is 1. The van der Waals surface area contributed by atoms with Crippen LogP contribution in [0.3, 0.4) is 0 Å². The van der Waals surface area contributed by atoms with Crippen LogP contribution in [0, 0.1) is 18.3 Å². The molecule has 18 heavy (non-hydrogen) atoms. The lowest BCUT2D eigenvalue weighted by Crippen LogP contribution is -2.34. The Labute approximate surface area is 107 Å². The first-order chi connectivity index (χ1) is 8.69. The van der Waals surface area contributed by atoms with Gasteiger partial charge in [0.05, 0.1) is 18.2 Å². The van der Waals surface area contributed by atoms with Gasteiger partial charge >= 0.3 is 0 Å². The number of amides is 1. The van der Waals surface area contributed by atoms with E-state index in [0.717, 1.165) is 24.0 Å². The fraction of sp³-hybridized carbons (Fsp3) is 0.429. The normalized spacial score (nSPS) is 14.0. The Morgan fingerprint density at radius 3 is 2.89 bits per heavy atom. The van der Waals surface area contributed by atoms with E-state index >= 15 is 0 Å². The number of hydrogen-bond donors (Lipinski definition) is 2. The molecule has 0 aliphatic heterocycles. The van der Waals surface area contributed by atoms with Crippen molar-refractivity contribution in [2.75, 3.05) is 6.54 Å². The Kier molecular flexibility index (Phi) is 3.96. The number of nitriles is 1. The predicted molar refractivity (Wildman–Crippen MR) is 68.8 cm³/mol. The molecule has 1 saturated carbocycles. The van der Waals surface area contributed by atoms with E-state index in [1.54, 1.807) is 6.07 Å². The van der Waals surface area contributed by atoms with Gasteiger partial charge in [-0.3, -0.25) is 4.79 Å². The van der Waals surface area contributed by atoms with Gasteiger partial charge in [0.25, 0.3) is 0 Å². The van der Waals surface area contributed by atoms with Crippen molar-refractivity contribution in [3.8, 4) is 6.07 Å². The zero-order valence-corrected chi connectivity index (χ0v) is 10.5. The van der Waals surface area contributed by atoms with Crippen molar-refractivity contribution in [3.63, 3.8) is 0 Å². The lowest BCUT2D eigenvalue weighted by Gasteiger charge is -2.08. The molecule has 0 atom stereocenters. The molecule has 1 amide bonds. The summed E-state index contributed by atoms with van der Waals surface area (Å²) in [7, 11) is 0. The van der Waals surface area contributed by atoms with Gasteiger partial charge in [0.1, 0.15) is 0 Å². The number of nitrogens with zero attached hydrogens (tertiary/aromatic N) is 1. The summed E-state index contributed by atoms with van der Waals surface area (Å²) in [6.45, 7) is 2.97. The summed E-state index contributed by atoms with van der Waals surface area (Å²) in [5.41, 5.74) is 2.86. The highest BCUT2D eigenvalue weighted by atomic mass is 16.2. The zero-order chi connectivity index (χ0) is 13.0. The van der Waals surface area contributed by atoms with Crippen LogP contribution >= 0.6 is 0 Å². The molecular formula is C14H17N3O. The van der Waals surface area contributed by atoms with Crippen molar-refractivity contribution >= 4 is 5.91 Å². The van der Waals surface area contributed by atoms with E-state index in [0.29, 0.717) is 24.7 Å². The Morgan fingerprint density at radius 2 is 2.28 bits per heavy atom. The molecule has 2 N–H and O–H groups in total. The summed E-state index contributed by atoms with van der Waals surface area (Å²) in [5.74, 6) is 0.0591. The van der Waals surface area contributed by atoms with Crippen molar-refractivity contribution in [2.24, 2.45) is 0 Å². The van der Waals surface area contributed by atoms with Crippen LogP contribution in [-0.4, -0.2) is 18.5 Å². The van der Waals surface area contributed by atoms with E-state index in [1.807, 2.05) is 19.1 Å². The van der Waals surface area contributed by atoms with Crippen molar-refractivity contribution in [1.29, 1.82) is 5.26 Å². The molecule has 0 heterocycles. The molecule has 1 aromatic rings. The second-order valence-corrected chi connectivity index (χ2v) is 4.70. The van der Waals surface area contributed by atoms with E-state index in [4.69, 9.17) is 5.26 Å². The Hall–Kier alpha value is -1.86. The Morgan fingerprint density at radius 1 is 1.50 bits per heavy atom.